The predicted octanol–water partition coefficient (Wildman–Crippen LogP) is 4.58. The summed E-state index contributed by atoms with van der Waals surface area (Å²) < 4.78 is 16.4. The molecule has 0 N–H and O–H groups in total. The maximum absolute atomic E-state index is 13.2. The maximum atomic E-state index is 13.2. The molecule has 132 valence electrons. The lowest BCUT2D eigenvalue weighted by atomic mass is 10.2. The largest absolute Gasteiger partial charge is 0.216 e. The van der Waals surface area contributed by atoms with E-state index in [1.54, 1.807) is 52.1 Å². The van der Waals surface area contributed by atoms with Crippen molar-refractivity contribution in [1.29, 1.82) is 0 Å². The first-order valence-electron chi connectivity index (χ1n) is 7.90. The third-order valence-electron chi connectivity index (χ3n) is 4.15. The van der Waals surface area contributed by atoms with Gasteiger partial charge in [0.1, 0.15) is 12.1 Å². The van der Waals surface area contributed by atoms with Crippen LogP contribution in [0.5, 0.6) is 0 Å². The highest BCUT2D eigenvalue weighted by Crippen LogP contribution is 2.29. The highest BCUT2D eigenvalue weighted by atomic mass is 35.5. The van der Waals surface area contributed by atoms with E-state index >= 15 is 0 Å². The predicted molar refractivity (Wildman–Crippen MR) is 101 cm³/mol. The Morgan fingerprint density at radius 1 is 0.963 bits per heavy atom. The van der Waals surface area contributed by atoms with Crippen LogP contribution in [0, 0.1) is 5.82 Å². The summed E-state index contributed by atoms with van der Waals surface area (Å²) in [6, 6.07) is 11.2. The van der Waals surface area contributed by atoms with Gasteiger partial charge in [-0.2, -0.15) is 5.10 Å². The summed E-state index contributed by atoms with van der Waals surface area (Å²) in [6.45, 7) is 0. The van der Waals surface area contributed by atoms with E-state index in [-0.39, 0.29) is 5.82 Å². The van der Waals surface area contributed by atoms with Gasteiger partial charge in [-0.05, 0) is 42.5 Å². The molecule has 0 saturated heterocycles. The van der Waals surface area contributed by atoms with E-state index in [2.05, 4.69) is 20.2 Å². The first-order chi connectivity index (χ1) is 13.1. The number of aromatic nitrogens is 6. The summed E-state index contributed by atoms with van der Waals surface area (Å²) >= 11 is 12.2. The average Bonchev–Trinajstić information content (AvgIpc) is 3.26. The Balaban J connectivity index is 1.69. The fraction of sp³-hybridized carbons (Fsp3) is 0. The third kappa shape index (κ3) is 2.63. The molecule has 0 saturated carbocycles. The van der Waals surface area contributed by atoms with Gasteiger partial charge in [-0.25, -0.2) is 23.6 Å². The van der Waals surface area contributed by atoms with Crippen LogP contribution in [0.3, 0.4) is 0 Å². The topological polar surface area (TPSA) is 60.9 Å². The van der Waals surface area contributed by atoms with Crippen molar-refractivity contribution in [3.8, 4) is 17.1 Å². The Bertz CT molecular complexity index is 1310. The van der Waals surface area contributed by atoms with Crippen LogP contribution in [0.25, 0.3) is 33.8 Å². The van der Waals surface area contributed by atoms with Crippen LogP contribution in [-0.4, -0.2) is 29.4 Å². The van der Waals surface area contributed by atoms with Crippen molar-refractivity contribution >= 4 is 39.9 Å². The molecule has 0 radical (unpaired) electrons. The van der Waals surface area contributed by atoms with Crippen molar-refractivity contribution in [2.75, 3.05) is 0 Å². The SMILES string of the molecule is Fc1ccc(-n2ncc3c2ncn2nc(-c4ccc(Cl)cc4Cl)nc32)cc1. The summed E-state index contributed by atoms with van der Waals surface area (Å²) in [7, 11) is 0. The van der Waals surface area contributed by atoms with Crippen molar-refractivity contribution in [1.82, 2.24) is 29.4 Å². The lowest BCUT2D eigenvalue weighted by Crippen LogP contribution is -1.99. The number of rotatable bonds is 2. The smallest absolute Gasteiger partial charge is 0.183 e. The van der Waals surface area contributed by atoms with E-state index in [1.807, 2.05) is 0 Å². The summed E-state index contributed by atoms with van der Waals surface area (Å²) in [5.41, 5.74) is 2.55. The fourth-order valence-electron chi connectivity index (χ4n) is 2.88. The van der Waals surface area contributed by atoms with E-state index in [9.17, 15) is 4.39 Å². The fourth-order valence-corrected chi connectivity index (χ4v) is 3.37. The van der Waals surface area contributed by atoms with Gasteiger partial charge in [-0.3, -0.25) is 0 Å². The molecule has 6 nitrogen and oxygen atoms in total. The minimum atomic E-state index is -0.312. The molecule has 0 aliphatic carbocycles. The van der Waals surface area contributed by atoms with Crippen molar-refractivity contribution in [2.45, 2.75) is 0 Å². The minimum Gasteiger partial charge on any atom is -0.216 e. The monoisotopic (exact) mass is 398 g/mol. The third-order valence-corrected chi connectivity index (χ3v) is 4.70. The maximum Gasteiger partial charge on any atom is 0.183 e. The molecule has 0 amide bonds. The molecular weight excluding hydrogens is 390 g/mol. The second-order valence-corrected chi connectivity index (χ2v) is 6.69. The Morgan fingerprint density at radius 3 is 2.56 bits per heavy atom. The van der Waals surface area contributed by atoms with E-state index in [1.165, 1.54) is 12.1 Å². The quantitative estimate of drug-likeness (QED) is 0.436. The van der Waals surface area contributed by atoms with Gasteiger partial charge >= 0.3 is 0 Å². The molecule has 0 aliphatic rings. The number of fused-ring (bicyclic) bond motifs is 3. The van der Waals surface area contributed by atoms with Crippen LogP contribution in [0.15, 0.2) is 55.0 Å². The highest BCUT2D eigenvalue weighted by molar-refractivity contribution is 6.36. The van der Waals surface area contributed by atoms with Gasteiger partial charge in [0.25, 0.3) is 0 Å². The van der Waals surface area contributed by atoms with Crippen molar-refractivity contribution < 1.29 is 4.39 Å². The van der Waals surface area contributed by atoms with Crippen LogP contribution in [0.1, 0.15) is 0 Å². The van der Waals surface area contributed by atoms with Gasteiger partial charge in [0, 0.05) is 10.6 Å². The van der Waals surface area contributed by atoms with Crippen molar-refractivity contribution in [2.24, 2.45) is 0 Å². The molecule has 27 heavy (non-hydrogen) atoms. The molecule has 0 spiro atoms. The van der Waals surface area contributed by atoms with E-state index in [4.69, 9.17) is 23.2 Å². The number of hydrogen-bond acceptors (Lipinski definition) is 4. The molecule has 3 aromatic heterocycles. The first-order valence-corrected chi connectivity index (χ1v) is 8.66. The Hall–Kier alpha value is -3.03. The Morgan fingerprint density at radius 2 is 1.78 bits per heavy atom. The zero-order chi connectivity index (χ0) is 18.5. The van der Waals surface area contributed by atoms with E-state index in [0.29, 0.717) is 43.8 Å². The molecule has 0 fully saturated rings. The van der Waals surface area contributed by atoms with Gasteiger partial charge in [0.2, 0.25) is 0 Å². The molecule has 0 unspecified atom stereocenters. The zero-order valence-electron chi connectivity index (χ0n) is 13.5. The van der Waals surface area contributed by atoms with Crippen LogP contribution >= 0.6 is 23.2 Å². The lowest BCUT2D eigenvalue weighted by Gasteiger charge is -2.02. The first kappa shape index (κ1) is 16.2. The second kappa shape index (κ2) is 6.00. The molecule has 0 bridgehead atoms. The molecule has 3 heterocycles. The molecule has 2 aromatic carbocycles. The number of halogens is 3. The van der Waals surface area contributed by atoms with Gasteiger partial charge in [0.05, 0.1) is 22.3 Å². The summed E-state index contributed by atoms with van der Waals surface area (Å²) in [4.78, 5) is 9.02. The normalized spacial score (nSPS) is 11.5. The van der Waals surface area contributed by atoms with Crippen LogP contribution in [0.2, 0.25) is 10.0 Å². The number of benzene rings is 2. The number of hydrogen-bond donors (Lipinski definition) is 0. The van der Waals surface area contributed by atoms with Crippen LogP contribution in [-0.2, 0) is 0 Å². The zero-order valence-corrected chi connectivity index (χ0v) is 15.0. The lowest BCUT2D eigenvalue weighted by molar-refractivity contribution is 0.627. The van der Waals surface area contributed by atoms with Crippen molar-refractivity contribution in [3.63, 3.8) is 0 Å². The van der Waals surface area contributed by atoms with Crippen LogP contribution in [0.4, 0.5) is 4.39 Å². The molecule has 9 heteroatoms. The summed E-state index contributed by atoms with van der Waals surface area (Å²) in [6.07, 6.45) is 3.21. The molecule has 0 atom stereocenters. The molecule has 0 aliphatic heterocycles. The standard InChI is InChI=1S/C18H9Cl2FN6/c19-10-1-6-13(15(20)7-10)16-24-18-14-8-23-27(12-4-2-11(21)3-5-12)17(14)22-9-26(18)25-16/h1-9H. The van der Waals surface area contributed by atoms with Crippen LogP contribution < -0.4 is 0 Å². The van der Waals surface area contributed by atoms with E-state index < -0.39 is 0 Å². The van der Waals surface area contributed by atoms with Gasteiger partial charge in [0.15, 0.2) is 17.1 Å². The Kier molecular flexibility index (Phi) is 3.60. The second-order valence-electron chi connectivity index (χ2n) is 5.84. The highest BCUT2D eigenvalue weighted by Gasteiger charge is 2.16. The molecule has 5 rings (SSSR count). The molecular formula is C18H9Cl2FN6. The summed E-state index contributed by atoms with van der Waals surface area (Å²) in [5, 5.41) is 10.5. The summed E-state index contributed by atoms with van der Waals surface area (Å²) in [5.74, 6) is 0.146. The average molecular weight is 399 g/mol. The number of nitrogens with zero attached hydrogens (tertiary/aromatic N) is 6. The van der Waals surface area contributed by atoms with E-state index in [0.717, 1.165) is 0 Å². The van der Waals surface area contributed by atoms with Gasteiger partial charge in [-0.15, -0.1) is 5.10 Å². The van der Waals surface area contributed by atoms with Gasteiger partial charge in [-0.1, -0.05) is 23.2 Å². The Labute approximate surface area is 161 Å². The van der Waals surface area contributed by atoms with Gasteiger partial charge < -0.3 is 0 Å². The minimum absolute atomic E-state index is 0.312. The van der Waals surface area contributed by atoms with Crippen molar-refractivity contribution in [3.05, 3.63) is 70.9 Å². The molecule has 5 aromatic rings.